The summed E-state index contributed by atoms with van der Waals surface area (Å²) >= 11 is 0. The quantitative estimate of drug-likeness (QED) is 0.773. The molecule has 0 aliphatic carbocycles. The number of nitrogens with one attached hydrogen (secondary N) is 1. The standard InChI is InChI=1S/C14H15N5O2/c1-19-9-10(8-16-19)7-15-14-18-17-13(21-14)11-3-5-12(20-2)6-4-11/h3-6,8-9H,7H2,1-2H3,(H,15,18). The molecule has 3 rings (SSSR count). The first kappa shape index (κ1) is 13.2. The predicted molar refractivity (Wildman–Crippen MR) is 76.8 cm³/mol. The van der Waals surface area contributed by atoms with Crippen molar-refractivity contribution >= 4 is 6.01 Å². The first-order valence-corrected chi connectivity index (χ1v) is 6.44. The molecule has 0 aliphatic rings. The van der Waals surface area contributed by atoms with Gasteiger partial charge in [-0.3, -0.25) is 4.68 Å². The summed E-state index contributed by atoms with van der Waals surface area (Å²) in [4.78, 5) is 0. The van der Waals surface area contributed by atoms with E-state index >= 15 is 0 Å². The Bertz CT molecular complexity index is 717. The molecule has 0 aliphatic heterocycles. The summed E-state index contributed by atoms with van der Waals surface area (Å²) in [6, 6.07) is 7.82. The van der Waals surface area contributed by atoms with E-state index in [4.69, 9.17) is 9.15 Å². The number of anilines is 1. The van der Waals surface area contributed by atoms with Gasteiger partial charge in [-0.15, -0.1) is 5.10 Å². The highest BCUT2D eigenvalue weighted by molar-refractivity contribution is 5.54. The van der Waals surface area contributed by atoms with Gasteiger partial charge in [0.2, 0.25) is 5.89 Å². The minimum Gasteiger partial charge on any atom is -0.497 e. The third-order valence-corrected chi connectivity index (χ3v) is 2.96. The number of rotatable bonds is 5. The van der Waals surface area contributed by atoms with Crippen LogP contribution in [-0.2, 0) is 13.6 Å². The first-order valence-electron chi connectivity index (χ1n) is 6.44. The number of benzene rings is 1. The van der Waals surface area contributed by atoms with Crippen LogP contribution in [0.1, 0.15) is 5.56 Å². The minimum atomic E-state index is 0.379. The van der Waals surface area contributed by atoms with Gasteiger partial charge in [-0.2, -0.15) is 5.10 Å². The number of aryl methyl sites for hydroxylation is 1. The van der Waals surface area contributed by atoms with Crippen LogP contribution < -0.4 is 10.1 Å². The smallest absolute Gasteiger partial charge is 0.316 e. The predicted octanol–water partition coefficient (Wildman–Crippen LogP) is 2.09. The molecule has 0 fully saturated rings. The Kier molecular flexibility index (Phi) is 3.55. The second-order valence-corrected chi connectivity index (χ2v) is 4.52. The molecular weight excluding hydrogens is 270 g/mol. The first-order chi connectivity index (χ1) is 10.2. The summed E-state index contributed by atoms with van der Waals surface area (Å²) in [6.45, 7) is 0.581. The molecule has 0 unspecified atom stereocenters. The normalized spacial score (nSPS) is 10.6. The molecule has 2 aromatic heterocycles. The summed E-state index contributed by atoms with van der Waals surface area (Å²) in [5.41, 5.74) is 1.89. The van der Waals surface area contributed by atoms with E-state index in [2.05, 4.69) is 20.6 Å². The van der Waals surface area contributed by atoms with Crippen molar-refractivity contribution in [2.75, 3.05) is 12.4 Å². The maximum Gasteiger partial charge on any atom is 0.316 e. The minimum absolute atomic E-state index is 0.379. The molecule has 7 heteroatoms. The van der Waals surface area contributed by atoms with E-state index in [1.807, 2.05) is 37.5 Å². The van der Waals surface area contributed by atoms with Crippen molar-refractivity contribution in [1.29, 1.82) is 0 Å². The van der Waals surface area contributed by atoms with Gasteiger partial charge in [0.15, 0.2) is 0 Å². The Hall–Kier alpha value is -2.83. The number of aromatic nitrogens is 4. The van der Waals surface area contributed by atoms with Crippen LogP contribution >= 0.6 is 0 Å². The molecule has 0 saturated carbocycles. The van der Waals surface area contributed by atoms with Gasteiger partial charge in [0.25, 0.3) is 0 Å². The zero-order chi connectivity index (χ0) is 14.7. The zero-order valence-corrected chi connectivity index (χ0v) is 11.8. The van der Waals surface area contributed by atoms with Crippen LogP contribution in [0.15, 0.2) is 41.1 Å². The maximum absolute atomic E-state index is 5.57. The fourth-order valence-corrected chi connectivity index (χ4v) is 1.89. The van der Waals surface area contributed by atoms with Crippen molar-refractivity contribution in [2.45, 2.75) is 6.54 Å². The van der Waals surface area contributed by atoms with Gasteiger partial charge < -0.3 is 14.5 Å². The third kappa shape index (κ3) is 3.02. The van der Waals surface area contributed by atoms with Crippen LogP contribution in [0.3, 0.4) is 0 Å². The average Bonchev–Trinajstić information content (AvgIpc) is 3.14. The van der Waals surface area contributed by atoms with Crippen LogP contribution in [0.5, 0.6) is 5.75 Å². The van der Waals surface area contributed by atoms with E-state index in [-0.39, 0.29) is 0 Å². The number of nitrogens with zero attached hydrogens (tertiary/aromatic N) is 4. The monoisotopic (exact) mass is 285 g/mol. The van der Waals surface area contributed by atoms with E-state index in [1.54, 1.807) is 18.0 Å². The van der Waals surface area contributed by atoms with Crippen molar-refractivity contribution in [3.63, 3.8) is 0 Å². The summed E-state index contributed by atoms with van der Waals surface area (Å²) in [5, 5.41) is 15.2. The molecule has 0 amide bonds. The summed E-state index contributed by atoms with van der Waals surface area (Å²) in [5.74, 6) is 1.25. The highest BCUT2D eigenvalue weighted by Gasteiger charge is 2.08. The fraction of sp³-hybridized carbons (Fsp3) is 0.214. The van der Waals surface area contributed by atoms with E-state index in [9.17, 15) is 0 Å². The lowest BCUT2D eigenvalue weighted by Gasteiger charge is -1.99. The largest absolute Gasteiger partial charge is 0.497 e. The molecule has 0 spiro atoms. The molecule has 2 heterocycles. The summed E-state index contributed by atoms with van der Waals surface area (Å²) < 4.78 is 12.4. The third-order valence-electron chi connectivity index (χ3n) is 2.96. The molecule has 108 valence electrons. The van der Waals surface area contributed by atoms with Gasteiger partial charge in [-0.05, 0) is 24.3 Å². The van der Waals surface area contributed by atoms with E-state index in [1.165, 1.54) is 0 Å². The molecule has 0 atom stereocenters. The molecule has 7 nitrogen and oxygen atoms in total. The van der Waals surface area contributed by atoms with Gasteiger partial charge in [0, 0.05) is 30.9 Å². The molecule has 1 N–H and O–H groups in total. The van der Waals surface area contributed by atoms with Gasteiger partial charge in [0.1, 0.15) is 5.75 Å². The van der Waals surface area contributed by atoms with E-state index < -0.39 is 0 Å². The maximum atomic E-state index is 5.57. The molecular formula is C14H15N5O2. The van der Waals surface area contributed by atoms with Crippen molar-refractivity contribution in [3.05, 3.63) is 42.2 Å². The lowest BCUT2D eigenvalue weighted by Crippen LogP contribution is -1.98. The molecule has 1 aromatic carbocycles. The fourth-order valence-electron chi connectivity index (χ4n) is 1.89. The van der Waals surface area contributed by atoms with Crippen LogP contribution in [0.4, 0.5) is 6.01 Å². The number of methoxy groups -OCH3 is 1. The van der Waals surface area contributed by atoms with Gasteiger partial charge in [0.05, 0.1) is 13.3 Å². The molecule has 21 heavy (non-hydrogen) atoms. The molecule has 0 radical (unpaired) electrons. The highest BCUT2D eigenvalue weighted by atomic mass is 16.5. The van der Waals surface area contributed by atoms with Crippen LogP contribution in [0.2, 0.25) is 0 Å². The van der Waals surface area contributed by atoms with Crippen LogP contribution in [0.25, 0.3) is 11.5 Å². The SMILES string of the molecule is COc1ccc(-c2nnc(NCc3cnn(C)c3)o2)cc1. The van der Waals surface area contributed by atoms with E-state index in [0.717, 1.165) is 16.9 Å². The van der Waals surface area contributed by atoms with Gasteiger partial charge >= 0.3 is 6.01 Å². The Morgan fingerprint density at radius 2 is 2.05 bits per heavy atom. The average molecular weight is 285 g/mol. The van der Waals surface area contributed by atoms with Gasteiger partial charge in [-0.25, -0.2) is 0 Å². The van der Waals surface area contributed by atoms with Crippen molar-refractivity contribution in [2.24, 2.45) is 7.05 Å². The number of hydrogen-bond acceptors (Lipinski definition) is 6. The molecule has 3 aromatic rings. The Morgan fingerprint density at radius 1 is 1.24 bits per heavy atom. The number of hydrogen-bond donors (Lipinski definition) is 1. The van der Waals surface area contributed by atoms with Crippen LogP contribution in [-0.4, -0.2) is 27.1 Å². The second-order valence-electron chi connectivity index (χ2n) is 4.52. The second kappa shape index (κ2) is 5.66. The lowest BCUT2D eigenvalue weighted by atomic mass is 10.2. The topological polar surface area (TPSA) is 78.0 Å². The highest BCUT2D eigenvalue weighted by Crippen LogP contribution is 2.22. The Morgan fingerprint density at radius 3 is 2.71 bits per heavy atom. The van der Waals surface area contributed by atoms with Crippen molar-refractivity contribution in [1.82, 2.24) is 20.0 Å². The number of ether oxygens (including phenoxy) is 1. The Balaban J connectivity index is 1.67. The molecule has 0 saturated heterocycles. The van der Waals surface area contributed by atoms with Gasteiger partial charge in [-0.1, -0.05) is 5.10 Å². The van der Waals surface area contributed by atoms with E-state index in [0.29, 0.717) is 18.5 Å². The van der Waals surface area contributed by atoms with Crippen molar-refractivity contribution < 1.29 is 9.15 Å². The van der Waals surface area contributed by atoms with Crippen LogP contribution in [0, 0.1) is 0 Å². The summed E-state index contributed by atoms with van der Waals surface area (Å²) in [7, 11) is 3.50. The lowest BCUT2D eigenvalue weighted by molar-refractivity contribution is 0.415. The van der Waals surface area contributed by atoms with Crippen molar-refractivity contribution in [3.8, 4) is 17.2 Å². The zero-order valence-electron chi connectivity index (χ0n) is 11.8. The Labute approximate surface area is 121 Å². The molecule has 0 bridgehead atoms. The summed E-state index contributed by atoms with van der Waals surface area (Å²) in [6.07, 6.45) is 3.71.